The van der Waals surface area contributed by atoms with E-state index in [-0.39, 0.29) is 5.82 Å². The summed E-state index contributed by atoms with van der Waals surface area (Å²) in [5.41, 5.74) is -0.114. The van der Waals surface area contributed by atoms with Gasteiger partial charge in [-0.05, 0) is 39.8 Å². The molecule has 0 saturated heterocycles. The molecule has 0 aliphatic heterocycles. The van der Waals surface area contributed by atoms with Gasteiger partial charge in [-0.25, -0.2) is 4.79 Å². The van der Waals surface area contributed by atoms with Gasteiger partial charge in [0.05, 0.1) is 11.8 Å². The van der Waals surface area contributed by atoms with Crippen molar-refractivity contribution in [2.75, 3.05) is 5.32 Å². The van der Waals surface area contributed by atoms with Gasteiger partial charge in [0.15, 0.2) is 5.82 Å². The lowest BCUT2D eigenvalue weighted by Crippen LogP contribution is -2.27. The number of aliphatic hydroxyl groups excluding tert-OH is 1. The Labute approximate surface area is 100 Å². The molecule has 17 heavy (non-hydrogen) atoms. The summed E-state index contributed by atoms with van der Waals surface area (Å²) in [4.78, 5) is 11.4. The number of rotatable bonds is 2. The van der Waals surface area contributed by atoms with Crippen LogP contribution in [0.5, 0.6) is 0 Å². The molecule has 0 radical (unpaired) electrons. The summed E-state index contributed by atoms with van der Waals surface area (Å²) in [7, 11) is 0. The quantitative estimate of drug-likeness (QED) is 0.823. The molecule has 0 spiro atoms. The van der Waals surface area contributed by atoms with Crippen LogP contribution in [0.2, 0.25) is 0 Å². The van der Waals surface area contributed by atoms with Crippen LogP contribution in [0.25, 0.3) is 0 Å². The van der Waals surface area contributed by atoms with Gasteiger partial charge in [-0.15, -0.1) is 5.10 Å². The Morgan fingerprint density at radius 2 is 2.06 bits per heavy atom. The summed E-state index contributed by atoms with van der Waals surface area (Å²) >= 11 is 0. The third kappa shape index (κ3) is 4.78. The van der Waals surface area contributed by atoms with Crippen molar-refractivity contribution in [3.8, 4) is 0 Å². The van der Waals surface area contributed by atoms with Gasteiger partial charge in [-0.2, -0.15) is 5.10 Å². The highest BCUT2D eigenvalue weighted by molar-refractivity contribution is 5.83. The standard InChI is InChI=1S/C11H17N3O3/c1-7(15)8-5-6-9(14-13-8)12-10(16)17-11(2,3)4/h5-7,15H,1-4H3,(H,12,14,16). The van der Waals surface area contributed by atoms with E-state index < -0.39 is 17.8 Å². The normalized spacial score (nSPS) is 13.0. The Morgan fingerprint density at radius 1 is 1.41 bits per heavy atom. The van der Waals surface area contributed by atoms with E-state index in [0.29, 0.717) is 5.69 Å². The summed E-state index contributed by atoms with van der Waals surface area (Å²) in [5.74, 6) is 0.281. The van der Waals surface area contributed by atoms with Crippen LogP contribution in [0.3, 0.4) is 0 Å². The maximum atomic E-state index is 11.4. The van der Waals surface area contributed by atoms with Gasteiger partial charge >= 0.3 is 6.09 Å². The van der Waals surface area contributed by atoms with Gasteiger partial charge in [-0.3, -0.25) is 5.32 Å². The fourth-order valence-corrected chi connectivity index (χ4v) is 1.04. The van der Waals surface area contributed by atoms with E-state index in [1.54, 1.807) is 39.8 Å². The predicted octanol–water partition coefficient (Wildman–Crippen LogP) is 1.88. The molecule has 1 atom stereocenters. The number of amides is 1. The molecule has 1 amide bonds. The minimum absolute atomic E-state index is 0.281. The molecule has 0 bridgehead atoms. The molecule has 0 fully saturated rings. The molecule has 0 aliphatic carbocycles. The van der Waals surface area contributed by atoms with Crippen molar-refractivity contribution in [2.24, 2.45) is 0 Å². The first-order valence-corrected chi connectivity index (χ1v) is 5.29. The second kappa shape index (κ2) is 5.09. The van der Waals surface area contributed by atoms with Crippen molar-refractivity contribution in [3.05, 3.63) is 17.8 Å². The Morgan fingerprint density at radius 3 is 2.47 bits per heavy atom. The summed E-state index contributed by atoms with van der Waals surface area (Å²) in [6.45, 7) is 6.91. The Kier molecular flexibility index (Phi) is 4.01. The third-order valence-electron chi connectivity index (χ3n) is 1.74. The van der Waals surface area contributed by atoms with Gasteiger partial charge in [0.25, 0.3) is 0 Å². The summed E-state index contributed by atoms with van der Waals surface area (Å²) < 4.78 is 5.05. The molecule has 94 valence electrons. The van der Waals surface area contributed by atoms with E-state index in [4.69, 9.17) is 4.74 Å². The molecule has 0 aromatic carbocycles. The average Bonchev–Trinajstić information content (AvgIpc) is 2.15. The van der Waals surface area contributed by atoms with E-state index in [9.17, 15) is 9.90 Å². The van der Waals surface area contributed by atoms with E-state index >= 15 is 0 Å². The Balaban J connectivity index is 2.61. The Bertz CT molecular complexity index is 382. The molecule has 1 heterocycles. The zero-order valence-electron chi connectivity index (χ0n) is 10.4. The van der Waals surface area contributed by atoms with Crippen LogP contribution in [0.4, 0.5) is 10.6 Å². The van der Waals surface area contributed by atoms with E-state index in [0.717, 1.165) is 0 Å². The van der Waals surface area contributed by atoms with Crippen LogP contribution in [-0.4, -0.2) is 27.0 Å². The molecule has 6 heteroatoms. The van der Waals surface area contributed by atoms with Gasteiger partial charge in [0, 0.05) is 0 Å². The van der Waals surface area contributed by atoms with Crippen LogP contribution in [0.15, 0.2) is 12.1 Å². The molecule has 1 aromatic rings. The maximum Gasteiger partial charge on any atom is 0.413 e. The number of nitrogens with one attached hydrogen (secondary N) is 1. The number of hydrogen-bond acceptors (Lipinski definition) is 5. The number of hydrogen-bond donors (Lipinski definition) is 2. The largest absolute Gasteiger partial charge is 0.444 e. The second-order valence-corrected chi connectivity index (χ2v) is 4.65. The van der Waals surface area contributed by atoms with E-state index in [2.05, 4.69) is 15.5 Å². The first-order chi connectivity index (χ1) is 7.78. The number of aromatic nitrogens is 2. The maximum absolute atomic E-state index is 11.4. The van der Waals surface area contributed by atoms with Crippen molar-refractivity contribution < 1.29 is 14.6 Å². The lowest BCUT2D eigenvalue weighted by Gasteiger charge is -2.19. The zero-order chi connectivity index (χ0) is 13.1. The topological polar surface area (TPSA) is 84.3 Å². The number of nitrogens with zero attached hydrogens (tertiary/aromatic N) is 2. The SMILES string of the molecule is CC(O)c1ccc(NC(=O)OC(C)(C)C)nn1. The summed E-state index contributed by atoms with van der Waals surface area (Å²) in [6.07, 6.45) is -1.27. The van der Waals surface area contributed by atoms with E-state index in [1.165, 1.54) is 0 Å². The van der Waals surface area contributed by atoms with Crippen molar-refractivity contribution in [2.45, 2.75) is 39.4 Å². The average molecular weight is 239 g/mol. The Hall–Kier alpha value is -1.69. The van der Waals surface area contributed by atoms with Crippen LogP contribution in [0, 0.1) is 0 Å². The van der Waals surface area contributed by atoms with E-state index in [1.807, 2.05) is 0 Å². The number of carbonyl (C=O) groups is 1. The van der Waals surface area contributed by atoms with Crippen molar-refractivity contribution in [1.29, 1.82) is 0 Å². The number of aliphatic hydroxyl groups is 1. The highest BCUT2D eigenvalue weighted by Gasteiger charge is 2.16. The molecule has 1 unspecified atom stereocenters. The van der Waals surface area contributed by atoms with Crippen LogP contribution < -0.4 is 5.32 Å². The second-order valence-electron chi connectivity index (χ2n) is 4.65. The molecule has 2 N–H and O–H groups in total. The summed E-state index contributed by atoms with van der Waals surface area (Å²) in [6, 6.07) is 3.14. The van der Waals surface area contributed by atoms with Crippen LogP contribution >= 0.6 is 0 Å². The fraction of sp³-hybridized carbons (Fsp3) is 0.545. The monoisotopic (exact) mass is 239 g/mol. The first kappa shape index (κ1) is 13.4. The lowest BCUT2D eigenvalue weighted by molar-refractivity contribution is 0.0635. The molecule has 1 aromatic heterocycles. The molecule has 1 rings (SSSR count). The third-order valence-corrected chi connectivity index (χ3v) is 1.74. The number of ether oxygens (including phenoxy) is 1. The molecule has 0 aliphatic rings. The van der Waals surface area contributed by atoms with Gasteiger partial charge in [0.1, 0.15) is 5.60 Å². The van der Waals surface area contributed by atoms with Crippen molar-refractivity contribution in [3.63, 3.8) is 0 Å². The number of anilines is 1. The first-order valence-electron chi connectivity index (χ1n) is 5.29. The van der Waals surface area contributed by atoms with Crippen molar-refractivity contribution in [1.82, 2.24) is 10.2 Å². The van der Waals surface area contributed by atoms with Crippen molar-refractivity contribution >= 4 is 11.9 Å². The van der Waals surface area contributed by atoms with Crippen LogP contribution in [-0.2, 0) is 4.74 Å². The lowest BCUT2D eigenvalue weighted by atomic mass is 10.2. The molecule has 0 saturated carbocycles. The highest BCUT2D eigenvalue weighted by Crippen LogP contribution is 2.11. The van der Waals surface area contributed by atoms with Gasteiger partial charge in [-0.1, -0.05) is 0 Å². The van der Waals surface area contributed by atoms with Gasteiger partial charge in [0.2, 0.25) is 0 Å². The highest BCUT2D eigenvalue weighted by atomic mass is 16.6. The molecular weight excluding hydrogens is 222 g/mol. The smallest absolute Gasteiger partial charge is 0.413 e. The predicted molar refractivity (Wildman–Crippen MR) is 62.5 cm³/mol. The number of carbonyl (C=O) groups excluding carboxylic acids is 1. The zero-order valence-corrected chi connectivity index (χ0v) is 10.4. The molecule has 6 nitrogen and oxygen atoms in total. The fourth-order valence-electron chi connectivity index (χ4n) is 1.04. The van der Waals surface area contributed by atoms with Gasteiger partial charge < -0.3 is 9.84 Å². The molecular formula is C11H17N3O3. The summed E-state index contributed by atoms with van der Waals surface area (Å²) in [5, 5.41) is 19.2. The van der Waals surface area contributed by atoms with Crippen LogP contribution in [0.1, 0.15) is 39.5 Å². The minimum atomic E-state index is -0.682. The minimum Gasteiger partial charge on any atom is -0.444 e.